The molecule has 0 unspecified atom stereocenters. The van der Waals surface area contributed by atoms with Crippen molar-refractivity contribution in [3.05, 3.63) is 24.5 Å². The van der Waals surface area contributed by atoms with Gasteiger partial charge >= 0.3 is 11.8 Å². The maximum Gasteiger partial charge on any atom is 0.313 e. The number of amides is 2. The maximum absolute atomic E-state index is 11.5. The molecule has 6 heteroatoms. The molecule has 19 heavy (non-hydrogen) atoms. The molecule has 0 spiro atoms. The van der Waals surface area contributed by atoms with Crippen LogP contribution in [0.3, 0.4) is 0 Å². The number of carbonyl (C=O) groups is 2. The van der Waals surface area contributed by atoms with Crippen LogP contribution in [0.5, 0.6) is 0 Å². The van der Waals surface area contributed by atoms with Crippen LogP contribution in [0.2, 0.25) is 0 Å². The minimum absolute atomic E-state index is 0.171. The lowest BCUT2D eigenvalue weighted by atomic mass is 10.4. The van der Waals surface area contributed by atoms with Crippen molar-refractivity contribution in [1.29, 1.82) is 0 Å². The summed E-state index contributed by atoms with van der Waals surface area (Å²) in [7, 11) is 0. The zero-order valence-corrected chi connectivity index (χ0v) is 11.2. The Kier molecular flexibility index (Phi) is 6.52. The van der Waals surface area contributed by atoms with Crippen LogP contribution < -0.4 is 10.6 Å². The average Bonchev–Trinajstić information content (AvgIpc) is 2.38. The minimum Gasteiger partial charge on any atom is -0.379 e. The summed E-state index contributed by atoms with van der Waals surface area (Å²) in [6.45, 7) is 4.86. The fourth-order valence-electron chi connectivity index (χ4n) is 1.30. The fourth-order valence-corrected chi connectivity index (χ4v) is 1.30. The summed E-state index contributed by atoms with van der Waals surface area (Å²) in [6, 6.07) is 3.34. The van der Waals surface area contributed by atoms with Crippen molar-refractivity contribution in [2.45, 2.75) is 26.4 Å². The highest BCUT2D eigenvalue weighted by molar-refractivity contribution is 6.39. The molecule has 0 bridgehead atoms. The molecule has 0 saturated carbocycles. The number of pyridine rings is 1. The lowest BCUT2D eigenvalue weighted by Crippen LogP contribution is -2.36. The van der Waals surface area contributed by atoms with Crippen molar-refractivity contribution in [3.63, 3.8) is 0 Å². The molecule has 0 aromatic carbocycles. The van der Waals surface area contributed by atoms with Gasteiger partial charge in [0.15, 0.2) is 0 Å². The van der Waals surface area contributed by atoms with E-state index in [0.29, 0.717) is 25.3 Å². The Morgan fingerprint density at radius 3 is 2.79 bits per heavy atom. The third-order valence-corrected chi connectivity index (χ3v) is 2.18. The Balaban J connectivity index is 2.20. The number of rotatable bonds is 6. The highest BCUT2D eigenvalue weighted by Gasteiger charge is 2.12. The molecule has 1 aromatic rings. The van der Waals surface area contributed by atoms with Crippen molar-refractivity contribution in [2.24, 2.45) is 0 Å². The first-order valence-electron chi connectivity index (χ1n) is 6.20. The van der Waals surface area contributed by atoms with Gasteiger partial charge in [-0.3, -0.25) is 14.6 Å². The van der Waals surface area contributed by atoms with Gasteiger partial charge in [0.2, 0.25) is 0 Å². The number of aromatic nitrogens is 1. The van der Waals surface area contributed by atoms with Gasteiger partial charge < -0.3 is 15.4 Å². The molecule has 0 aliphatic rings. The second-order valence-corrected chi connectivity index (χ2v) is 4.22. The van der Waals surface area contributed by atoms with Crippen LogP contribution in [0.4, 0.5) is 5.69 Å². The first-order chi connectivity index (χ1) is 9.09. The van der Waals surface area contributed by atoms with E-state index in [1.807, 2.05) is 13.8 Å². The highest BCUT2D eigenvalue weighted by Crippen LogP contribution is 2.01. The molecular formula is C13H19N3O3. The SMILES string of the molecule is CC(C)OCCCNC(=O)C(=O)Nc1cccnc1. The van der Waals surface area contributed by atoms with E-state index in [-0.39, 0.29) is 6.10 Å². The summed E-state index contributed by atoms with van der Waals surface area (Å²) in [5.41, 5.74) is 0.491. The van der Waals surface area contributed by atoms with Gasteiger partial charge in [-0.25, -0.2) is 0 Å². The quantitative estimate of drug-likeness (QED) is 0.593. The summed E-state index contributed by atoms with van der Waals surface area (Å²) in [5.74, 6) is -1.36. The van der Waals surface area contributed by atoms with Gasteiger partial charge in [0.05, 0.1) is 18.0 Å². The predicted molar refractivity (Wildman–Crippen MR) is 71.6 cm³/mol. The summed E-state index contributed by atoms with van der Waals surface area (Å²) in [5, 5.41) is 4.98. The molecule has 0 aliphatic carbocycles. The largest absolute Gasteiger partial charge is 0.379 e. The van der Waals surface area contributed by atoms with Crippen LogP contribution in [-0.4, -0.2) is 36.1 Å². The first-order valence-corrected chi connectivity index (χ1v) is 6.20. The van der Waals surface area contributed by atoms with Crippen LogP contribution in [-0.2, 0) is 14.3 Å². The summed E-state index contributed by atoms with van der Waals surface area (Å²) in [4.78, 5) is 26.8. The Bertz CT molecular complexity index is 407. The lowest BCUT2D eigenvalue weighted by molar-refractivity contribution is -0.136. The number of carbonyl (C=O) groups excluding carboxylic acids is 2. The smallest absolute Gasteiger partial charge is 0.313 e. The predicted octanol–water partition coefficient (Wildman–Crippen LogP) is 0.951. The second kappa shape index (κ2) is 8.20. The van der Waals surface area contributed by atoms with Crippen molar-refractivity contribution in [1.82, 2.24) is 10.3 Å². The number of hydrogen-bond acceptors (Lipinski definition) is 4. The van der Waals surface area contributed by atoms with Gasteiger partial charge in [0.25, 0.3) is 0 Å². The third-order valence-electron chi connectivity index (χ3n) is 2.18. The molecule has 2 N–H and O–H groups in total. The van der Waals surface area contributed by atoms with Gasteiger partial charge in [-0.2, -0.15) is 0 Å². The normalized spacial score (nSPS) is 10.3. The number of ether oxygens (including phenoxy) is 1. The number of hydrogen-bond donors (Lipinski definition) is 2. The van der Waals surface area contributed by atoms with Crippen LogP contribution in [0, 0.1) is 0 Å². The van der Waals surface area contributed by atoms with Crippen LogP contribution >= 0.6 is 0 Å². The topological polar surface area (TPSA) is 80.3 Å². The van der Waals surface area contributed by atoms with E-state index in [1.54, 1.807) is 18.3 Å². The Labute approximate surface area is 112 Å². The van der Waals surface area contributed by atoms with E-state index in [1.165, 1.54) is 6.20 Å². The molecule has 0 saturated heterocycles. The molecule has 0 atom stereocenters. The zero-order valence-electron chi connectivity index (χ0n) is 11.2. The van der Waals surface area contributed by atoms with Crippen molar-refractivity contribution in [3.8, 4) is 0 Å². The van der Waals surface area contributed by atoms with Gasteiger partial charge in [-0.15, -0.1) is 0 Å². The van der Waals surface area contributed by atoms with E-state index >= 15 is 0 Å². The summed E-state index contributed by atoms with van der Waals surface area (Å²) >= 11 is 0. The van der Waals surface area contributed by atoms with Gasteiger partial charge in [-0.1, -0.05) is 0 Å². The zero-order chi connectivity index (χ0) is 14.1. The average molecular weight is 265 g/mol. The van der Waals surface area contributed by atoms with E-state index < -0.39 is 11.8 Å². The van der Waals surface area contributed by atoms with Crippen molar-refractivity contribution < 1.29 is 14.3 Å². The first kappa shape index (κ1) is 15.1. The Morgan fingerprint density at radius 1 is 1.37 bits per heavy atom. The fraction of sp³-hybridized carbons (Fsp3) is 0.462. The molecule has 0 radical (unpaired) electrons. The molecule has 104 valence electrons. The second-order valence-electron chi connectivity index (χ2n) is 4.22. The number of anilines is 1. The number of nitrogens with zero attached hydrogens (tertiary/aromatic N) is 1. The third kappa shape index (κ3) is 6.52. The summed E-state index contributed by atoms with van der Waals surface area (Å²) in [6.07, 6.45) is 3.90. The van der Waals surface area contributed by atoms with Gasteiger partial charge in [0, 0.05) is 19.3 Å². The van der Waals surface area contributed by atoms with Gasteiger partial charge in [0.1, 0.15) is 0 Å². The Hall–Kier alpha value is -1.95. The molecule has 0 fully saturated rings. The monoisotopic (exact) mass is 265 g/mol. The van der Waals surface area contributed by atoms with Crippen LogP contribution in [0.25, 0.3) is 0 Å². The molecule has 6 nitrogen and oxygen atoms in total. The molecular weight excluding hydrogens is 246 g/mol. The van der Waals surface area contributed by atoms with Crippen LogP contribution in [0.1, 0.15) is 20.3 Å². The van der Waals surface area contributed by atoms with Crippen molar-refractivity contribution in [2.75, 3.05) is 18.5 Å². The van der Waals surface area contributed by atoms with E-state index in [2.05, 4.69) is 15.6 Å². The van der Waals surface area contributed by atoms with Gasteiger partial charge in [-0.05, 0) is 32.4 Å². The molecule has 1 heterocycles. The highest BCUT2D eigenvalue weighted by atomic mass is 16.5. The molecule has 2 amide bonds. The Morgan fingerprint density at radius 2 is 2.16 bits per heavy atom. The molecule has 1 rings (SSSR count). The molecule has 0 aliphatic heterocycles. The van der Waals surface area contributed by atoms with E-state index in [4.69, 9.17) is 4.74 Å². The maximum atomic E-state index is 11.5. The minimum atomic E-state index is -0.697. The van der Waals surface area contributed by atoms with E-state index in [0.717, 1.165) is 0 Å². The van der Waals surface area contributed by atoms with Crippen molar-refractivity contribution >= 4 is 17.5 Å². The van der Waals surface area contributed by atoms with Crippen LogP contribution in [0.15, 0.2) is 24.5 Å². The lowest BCUT2D eigenvalue weighted by Gasteiger charge is -2.08. The van der Waals surface area contributed by atoms with E-state index in [9.17, 15) is 9.59 Å². The number of nitrogens with one attached hydrogen (secondary N) is 2. The standard InChI is InChI=1S/C13H19N3O3/c1-10(2)19-8-4-7-15-12(17)13(18)16-11-5-3-6-14-9-11/h3,5-6,9-10H,4,7-8H2,1-2H3,(H,15,17)(H,16,18). The summed E-state index contributed by atoms with van der Waals surface area (Å²) < 4.78 is 5.32. The molecule has 1 aromatic heterocycles.